The second kappa shape index (κ2) is 5.00. The normalized spacial score (nSPS) is 33.9. The summed E-state index contributed by atoms with van der Waals surface area (Å²) in [7, 11) is 0. The maximum absolute atomic E-state index is 6.18. The van der Waals surface area contributed by atoms with Gasteiger partial charge in [-0.1, -0.05) is 23.2 Å². The maximum atomic E-state index is 6.18. The fourth-order valence-electron chi connectivity index (χ4n) is 3.56. The number of pyridine rings is 1. The highest BCUT2D eigenvalue weighted by atomic mass is 35.5. The van der Waals surface area contributed by atoms with Gasteiger partial charge in [-0.25, -0.2) is 9.98 Å². The Morgan fingerprint density at radius 1 is 1.33 bits per heavy atom. The fraction of sp³-hybridized carbons (Fsp3) is 0.571. The van der Waals surface area contributed by atoms with Crippen LogP contribution in [0.2, 0.25) is 10.0 Å². The van der Waals surface area contributed by atoms with Crippen molar-refractivity contribution in [1.82, 2.24) is 9.88 Å². The van der Waals surface area contributed by atoms with Crippen LogP contribution in [0.15, 0.2) is 17.3 Å². The summed E-state index contributed by atoms with van der Waals surface area (Å²) in [6, 6.07) is 2.15. The van der Waals surface area contributed by atoms with Crippen molar-refractivity contribution < 1.29 is 4.74 Å². The van der Waals surface area contributed by atoms with Crippen molar-refractivity contribution in [1.29, 1.82) is 0 Å². The van der Waals surface area contributed by atoms with E-state index in [2.05, 4.69) is 20.2 Å². The molecule has 2 bridgehead atoms. The van der Waals surface area contributed by atoms with Crippen molar-refractivity contribution in [2.75, 3.05) is 31.5 Å². The molecule has 0 unspecified atom stereocenters. The van der Waals surface area contributed by atoms with Crippen LogP contribution < -0.4 is 5.32 Å². The summed E-state index contributed by atoms with van der Waals surface area (Å²) in [4.78, 5) is 11.2. The lowest BCUT2D eigenvalue weighted by molar-refractivity contribution is -0.0829. The molecule has 3 saturated heterocycles. The first-order valence-corrected chi connectivity index (χ1v) is 7.95. The van der Waals surface area contributed by atoms with Gasteiger partial charge in [-0.3, -0.25) is 10.2 Å². The molecule has 1 aromatic heterocycles. The molecule has 0 radical (unpaired) electrons. The summed E-state index contributed by atoms with van der Waals surface area (Å²) in [5.41, 5.74) is -0.163. The van der Waals surface area contributed by atoms with Crippen LogP contribution in [0.5, 0.6) is 0 Å². The Bertz CT molecular complexity index is 601. The van der Waals surface area contributed by atoms with Crippen LogP contribution in [0.1, 0.15) is 12.8 Å². The number of fused-ring (bicyclic) bond motifs is 2. The van der Waals surface area contributed by atoms with Crippen LogP contribution in [0.4, 0.5) is 5.82 Å². The predicted octanol–water partition coefficient (Wildman–Crippen LogP) is 2.65. The first kappa shape index (κ1) is 13.6. The highest BCUT2D eigenvalue weighted by Gasteiger charge is 2.51. The molecule has 3 fully saturated rings. The summed E-state index contributed by atoms with van der Waals surface area (Å²) >= 11 is 12.1. The standard InChI is InChI=1S/C14H16Cl2N4O/c15-10-1-4-17-12(11(10)16)19-13-18-7-14(21-13)8-20-5-2-9(14)3-6-20/h1,4,9H,2-3,5-8H2,(H,17,18,19)/t14-/m0/s1. The van der Waals surface area contributed by atoms with E-state index >= 15 is 0 Å². The molecule has 1 atom stereocenters. The lowest BCUT2D eigenvalue weighted by Crippen LogP contribution is -2.61. The van der Waals surface area contributed by atoms with Crippen molar-refractivity contribution in [3.63, 3.8) is 0 Å². The van der Waals surface area contributed by atoms with Gasteiger partial charge in [0.15, 0.2) is 5.82 Å². The van der Waals surface area contributed by atoms with E-state index < -0.39 is 0 Å². The zero-order chi connectivity index (χ0) is 14.4. The number of amidine groups is 1. The Morgan fingerprint density at radius 2 is 2.14 bits per heavy atom. The van der Waals surface area contributed by atoms with Gasteiger partial charge in [0.2, 0.25) is 0 Å². The number of nitrogens with zero attached hydrogens (tertiary/aromatic N) is 3. The number of hydrogen-bond acceptors (Lipinski definition) is 5. The molecule has 1 aromatic rings. The lowest BCUT2D eigenvalue weighted by atomic mass is 9.75. The van der Waals surface area contributed by atoms with Gasteiger partial charge in [-0.15, -0.1) is 0 Å². The SMILES string of the molecule is Clc1ccnc(NC2=NC[C@@]3(CN4CCC3CC4)O2)c1Cl. The first-order chi connectivity index (χ1) is 10.2. The second-order valence-electron chi connectivity index (χ2n) is 5.92. The van der Waals surface area contributed by atoms with Crippen LogP contribution in [0.25, 0.3) is 0 Å². The summed E-state index contributed by atoms with van der Waals surface area (Å²) in [6.07, 6.45) is 3.99. The van der Waals surface area contributed by atoms with Crippen LogP contribution >= 0.6 is 23.2 Å². The van der Waals surface area contributed by atoms with Crippen molar-refractivity contribution in [3.8, 4) is 0 Å². The Labute approximate surface area is 133 Å². The van der Waals surface area contributed by atoms with Crippen LogP contribution in [0.3, 0.4) is 0 Å². The average molecular weight is 327 g/mol. The lowest BCUT2D eigenvalue weighted by Gasteiger charge is -2.50. The van der Waals surface area contributed by atoms with E-state index in [1.807, 2.05) is 0 Å². The molecular weight excluding hydrogens is 311 g/mol. The van der Waals surface area contributed by atoms with E-state index in [0.717, 1.165) is 6.54 Å². The second-order valence-corrected chi connectivity index (χ2v) is 6.70. The highest BCUT2D eigenvalue weighted by molar-refractivity contribution is 6.43. The summed E-state index contributed by atoms with van der Waals surface area (Å²) < 4.78 is 6.18. The number of aliphatic imine (C=N–C) groups is 1. The number of aromatic nitrogens is 1. The first-order valence-electron chi connectivity index (χ1n) is 7.19. The molecule has 5 nitrogen and oxygen atoms in total. The molecular formula is C14H16Cl2N4O. The highest BCUT2D eigenvalue weighted by Crippen LogP contribution is 2.41. The Hall–Kier alpha value is -1.04. The minimum Gasteiger partial charge on any atom is -0.455 e. The largest absolute Gasteiger partial charge is 0.455 e. The van der Waals surface area contributed by atoms with E-state index in [1.165, 1.54) is 25.9 Å². The van der Waals surface area contributed by atoms with E-state index in [0.29, 0.717) is 34.3 Å². The molecule has 5 heterocycles. The van der Waals surface area contributed by atoms with E-state index in [-0.39, 0.29) is 5.60 Å². The Kier molecular flexibility index (Phi) is 3.24. The van der Waals surface area contributed by atoms with Gasteiger partial charge in [0.1, 0.15) is 10.6 Å². The van der Waals surface area contributed by atoms with Gasteiger partial charge in [0, 0.05) is 18.7 Å². The molecule has 0 aromatic carbocycles. The van der Waals surface area contributed by atoms with Gasteiger partial charge in [0.25, 0.3) is 6.02 Å². The van der Waals surface area contributed by atoms with Crippen molar-refractivity contribution in [2.45, 2.75) is 18.4 Å². The fourth-order valence-corrected chi connectivity index (χ4v) is 3.86. The van der Waals surface area contributed by atoms with Crippen molar-refractivity contribution in [2.24, 2.45) is 10.9 Å². The summed E-state index contributed by atoms with van der Waals surface area (Å²) in [5, 5.41) is 3.92. The topological polar surface area (TPSA) is 49.8 Å². The number of halogens is 2. The molecule has 21 heavy (non-hydrogen) atoms. The van der Waals surface area contributed by atoms with E-state index in [1.54, 1.807) is 12.3 Å². The zero-order valence-corrected chi connectivity index (χ0v) is 13.0. The summed E-state index contributed by atoms with van der Waals surface area (Å²) in [5.74, 6) is 1.08. The van der Waals surface area contributed by atoms with Crippen LogP contribution in [-0.4, -0.2) is 47.7 Å². The van der Waals surface area contributed by atoms with Gasteiger partial charge >= 0.3 is 0 Å². The number of anilines is 1. The third-order valence-electron chi connectivity index (χ3n) is 4.68. The molecule has 1 N–H and O–H groups in total. The molecule has 5 rings (SSSR count). The number of piperidine rings is 3. The smallest absolute Gasteiger partial charge is 0.291 e. The number of nitrogens with one attached hydrogen (secondary N) is 1. The number of rotatable bonds is 1. The molecule has 1 spiro atoms. The van der Waals surface area contributed by atoms with Gasteiger partial charge in [-0.05, 0) is 32.0 Å². The third kappa shape index (κ3) is 2.28. The average Bonchev–Trinajstić information content (AvgIpc) is 2.88. The maximum Gasteiger partial charge on any atom is 0.291 e. The van der Waals surface area contributed by atoms with Gasteiger partial charge in [-0.2, -0.15) is 0 Å². The minimum atomic E-state index is -0.163. The predicted molar refractivity (Wildman–Crippen MR) is 83.2 cm³/mol. The minimum absolute atomic E-state index is 0.163. The monoisotopic (exact) mass is 326 g/mol. The third-order valence-corrected chi connectivity index (χ3v) is 5.47. The zero-order valence-electron chi connectivity index (χ0n) is 11.5. The van der Waals surface area contributed by atoms with Crippen LogP contribution in [0, 0.1) is 5.92 Å². The Balaban J connectivity index is 1.50. The Morgan fingerprint density at radius 3 is 2.86 bits per heavy atom. The molecule has 7 heteroatoms. The molecule has 112 valence electrons. The van der Waals surface area contributed by atoms with Gasteiger partial charge < -0.3 is 4.74 Å². The van der Waals surface area contributed by atoms with Crippen LogP contribution in [-0.2, 0) is 4.74 Å². The van der Waals surface area contributed by atoms with Crippen molar-refractivity contribution in [3.05, 3.63) is 22.3 Å². The molecule has 4 aliphatic heterocycles. The summed E-state index contributed by atoms with van der Waals surface area (Å²) in [6.45, 7) is 4.03. The molecule has 0 amide bonds. The number of ether oxygens (including phenoxy) is 1. The molecule has 4 aliphatic rings. The number of hydrogen-bond donors (Lipinski definition) is 1. The van der Waals surface area contributed by atoms with E-state index in [4.69, 9.17) is 27.9 Å². The van der Waals surface area contributed by atoms with E-state index in [9.17, 15) is 0 Å². The molecule has 0 aliphatic carbocycles. The quantitative estimate of drug-likeness (QED) is 0.862. The molecule has 0 saturated carbocycles. The van der Waals surface area contributed by atoms with Crippen molar-refractivity contribution >= 4 is 35.0 Å². The van der Waals surface area contributed by atoms with Gasteiger partial charge in [0.05, 0.1) is 11.6 Å².